The molecule has 2 aromatic rings. The van der Waals surface area contributed by atoms with Crippen LogP contribution in [0, 0.1) is 0 Å². The van der Waals surface area contributed by atoms with E-state index in [1.54, 1.807) is 24.3 Å². The third kappa shape index (κ3) is 5.10. The topological polar surface area (TPSA) is 108 Å². The van der Waals surface area contributed by atoms with E-state index in [9.17, 15) is 14.4 Å². The summed E-state index contributed by atoms with van der Waals surface area (Å²) in [5.74, 6) is -1.51. The van der Waals surface area contributed by atoms with Crippen LogP contribution in [0.5, 0.6) is 0 Å². The molecule has 0 atom stereocenters. The third-order valence-corrected chi connectivity index (χ3v) is 3.84. The summed E-state index contributed by atoms with van der Waals surface area (Å²) in [6.45, 7) is 1.41. The molecule has 24 heavy (non-hydrogen) atoms. The number of nitrogens with one attached hydrogen (secondary N) is 2. The highest BCUT2D eigenvalue weighted by Crippen LogP contribution is 2.20. The highest BCUT2D eigenvalue weighted by Gasteiger charge is 2.13. The minimum absolute atomic E-state index is 0.0325. The largest absolute Gasteiger partial charge is 0.478 e. The second-order valence-electron chi connectivity index (χ2n) is 4.76. The number of thioether (sulfide) groups is 1. The van der Waals surface area contributed by atoms with Crippen LogP contribution in [0.3, 0.4) is 0 Å². The monoisotopic (exact) mass is 345 g/mol. The molecule has 7 nitrogen and oxygen atoms in total. The average molecular weight is 345 g/mol. The first-order valence-electron chi connectivity index (χ1n) is 6.94. The van der Waals surface area contributed by atoms with Crippen LogP contribution in [0.2, 0.25) is 0 Å². The lowest BCUT2D eigenvalue weighted by Gasteiger charge is -2.07. The zero-order valence-electron chi connectivity index (χ0n) is 12.8. The molecule has 0 fully saturated rings. The molecule has 0 saturated carbocycles. The Balaban J connectivity index is 1.92. The number of rotatable bonds is 6. The van der Waals surface area contributed by atoms with Gasteiger partial charge in [0.05, 0.1) is 11.3 Å². The molecule has 0 unspecified atom stereocenters. The number of aromatic nitrogens is 1. The summed E-state index contributed by atoms with van der Waals surface area (Å²) < 4.78 is 0. The van der Waals surface area contributed by atoms with Gasteiger partial charge in [0.15, 0.2) is 0 Å². The van der Waals surface area contributed by atoms with Crippen molar-refractivity contribution in [2.75, 3.05) is 16.4 Å². The van der Waals surface area contributed by atoms with Crippen LogP contribution in [-0.4, -0.2) is 33.6 Å². The Labute approximate surface area is 142 Å². The van der Waals surface area contributed by atoms with Crippen LogP contribution in [0.15, 0.2) is 47.6 Å². The van der Waals surface area contributed by atoms with E-state index < -0.39 is 5.97 Å². The second kappa shape index (κ2) is 8.11. The number of carbonyl (C=O) groups is 3. The molecule has 1 heterocycles. The average Bonchev–Trinajstić information content (AvgIpc) is 2.54. The number of hydrogen-bond donors (Lipinski definition) is 3. The van der Waals surface area contributed by atoms with Crippen LogP contribution >= 0.6 is 11.8 Å². The molecule has 1 aromatic heterocycles. The number of hydrogen-bond acceptors (Lipinski definition) is 5. The van der Waals surface area contributed by atoms with Gasteiger partial charge in [-0.1, -0.05) is 11.8 Å². The number of carboxylic acids is 1. The first-order valence-corrected chi connectivity index (χ1v) is 7.93. The molecule has 124 valence electrons. The summed E-state index contributed by atoms with van der Waals surface area (Å²) in [6, 6.07) is 9.64. The normalized spacial score (nSPS) is 10.0. The molecular weight excluding hydrogens is 330 g/mol. The van der Waals surface area contributed by atoms with Crippen molar-refractivity contribution in [3.63, 3.8) is 0 Å². The first kappa shape index (κ1) is 17.5. The fraction of sp³-hybridized carbons (Fsp3) is 0.125. The second-order valence-corrected chi connectivity index (χ2v) is 5.72. The molecule has 8 heteroatoms. The standard InChI is InChI=1S/C16H15N3O4S/c1-10(20)18-11-4-6-12(7-5-11)19-14(21)9-24-15-13(16(22)23)3-2-8-17-15/h2-8H,9H2,1H3,(H,18,20)(H,19,21)(H,22,23). The fourth-order valence-electron chi connectivity index (χ4n) is 1.84. The van der Waals surface area contributed by atoms with Gasteiger partial charge in [0, 0.05) is 24.5 Å². The summed E-state index contributed by atoms with van der Waals surface area (Å²) >= 11 is 1.05. The van der Waals surface area contributed by atoms with E-state index in [2.05, 4.69) is 15.6 Å². The third-order valence-electron chi connectivity index (χ3n) is 2.83. The number of pyridine rings is 1. The van der Waals surface area contributed by atoms with E-state index in [1.165, 1.54) is 25.3 Å². The lowest BCUT2D eigenvalue weighted by molar-refractivity contribution is -0.114. The van der Waals surface area contributed by atoms with E-state index in [0.29, 0.717) is 16.4 Å². The highest BCUT2D eigenvalue weighted by molar-refractivity contribution is 8.00. The molecule has 2 amide bonds. The van der Waals surface area contributed by atoms with Crippen molar-refractivity contribution < 1.29 is 19.5 Å². The van der Waals surface area contributed by atoms with Crippen molar-refractivity contribution in [3.05, 3.63) is 48.2 Å². The Bertz CT molecular complexity index is 762. The first-order chi connectivity index (χ1) is 11.5. The number of carbonyl (C=O) groups excluding carboxylic acids is 2. The Kier molecular flexibility index (Phi) is 5.91. The van der Waals surface area contributed by atoms with Crippen molar-refractivity contribution >= 4 is 40.9 Å². The maximum Gasteiger partial charge on any atom is 0.338 e. The number of anilines is 2. The van der Waals surface area contributed by atoms with Crippen LogP contribution in [-0.2, 0) is 9.59 Å². The van der Waals surface area contributed by atoms with E-state index in [-0.39, 0.29) is 23.1 Å². The number of amides is 2. The molecule has 2 rings (SSSR count). The summed E-state index contributed by atoms with van der Waals surface area (Å²) in [6.07, 6.45) is 1.48. The van der Waals surface area contributed by atoms with Crippen molar-refractivity contribution in [3.8, 4) is 0 Å². The van der Waals surface area contributed by atoms with Gasteiger partial charge in [0.2, 0.25) is 11.8 Å². The molecule has 0 bridgehead atoms. The van der Waals surface area contributed by atoms with Gasteiger partial charge >= 0.3 is 5.97 Å². The lowest BCUT2D eigenvalue weighted by atomic mass is 10.3. The Morgan fingerprint density at radius 2 is 1.71 bits per heavy atom. The smallest absolute Gasteiger partial charge is 0.338 e. The van der Waals surface area contributed by atoms with Gasteiger partial charge < -0.3 is 15.7 Å². The summed E-state index contributed by atoms with van der Waals surface area (Å²) in [4.78, 5) is 38.0. The zero-order chi connectivity index (χ0) is 17.5. The van der Waals surface area contributed by atoms with Crippen LogP contribution in [0.25, 0.3) is 0 Å². The quantitative estimate of drug-likeness (QED) is 0.694. The summed E-state index contributed by atoms with van der Waals surface area (Å²) in [5, 5.41) is 14.7. The van der Waals surface area contributed by atoms with Gasteiger partial charge in [-0.2, -0.15) is 0 Å². The number of aromatic carboxylic acids is 1. The minimum atomic E-state index is -1.08. The Morgan fingerprint density at radius 1 is 1.08 bits per heavy atom. The van der Waals surface area contributed by atoms with Crippen LogP contribution < -0.4 is 10.6 Å². The molecule has 0 aliphatic heterocycles. The van der Waals surface area contributed by atoms with E-state index in [1.807, 2.05) is 0 Å². The lowest BCUT2D eigenvalue weighted by Crippen LogP contribution is -2.14. The number of carboxylic acid groups (broad SMARTS) is 1. The molecule has 0 aliphatic carbocycles. The number of benzene rings is 1. The molecule has 0 radical (unpaired) electrons. The van der Waals surface area contributed by atoms with E-state index in [0.717, 1.165) is 11.8 Å². The fourth-order valence-corrected chi connectivity index (χ4v) is 2.63. The van der Waals surface area contributed by atoms with Gasteiger partial charge in [-0.25, -0.2) is 9.78 Å². The van der Waals surface area contributed by atoms with Crippen LogP contribution in [0.1, 0.15) is 17.3 Å². The Hall–Kier alpha value is -2.87. The maximum absolute atomic E-state index is 12.0. The predicted octanol–water partition coefficient (Wildman–Crippen LogP) is 2.47. The van der Waals surface area contributed by atoms with Gasteiger partial charge in [0.25, 0.3) is 0 Å². The molecule has 3 N–H and O–H groups in total. The highest BCUT2D eigenvalue weighted by atomic mass is 32.2. The van der Waals surface area contributed by atoms with Crippen molar-refractivity contribution in [1.82, 2.24) is 4.98 Å². The maximum atomic E-state index is 12.0. The molecule has 0 aliphatic rings. The van der Waals surface area contributed by atoms with Gasteiger partial charge in [-0.3, -0.25) is 9.59 Å². The zero-order valence-corrected chi connectivity index (χ0v) is 13.6. The molecule has 1 aromatic carbocycles. The van der Waals surface area contributed by atoms with Crippen LogP contribution in [0.4, 0.5) is 11.4 Å². The molecule has 0 spiro atoms. The molecule has 0 saturated heterocycles. The predicted molar refractivity (Wildman–Crippen MR) is 91.3 cm³/mol. The summed E-state index contributed by atoms with van der Waals surface area (Å²) in [5.41, 5.74) is 1.28. The van der Waals surface area contributed by atoms with Crippen molar-refractivity contribution in [2.45, 2.75) is 11.9 Å². The Morgan fingerprint density at radius 3 is 2.29 bits per heavy atom. The number of nitrogens with zero attached hydrogens (tertiary/aromatic N) is 1. The van der Waals surface area contributed by atoms with Crippen molar-refractivity contribution in [2.24, 2.45) is 0 Å². The van der Waals surface area contributed by atoms with E-state index >= 15 is 0 Å². The van der Waals surface area contributed by atoms with Crippen molar-refractivity contribution in [1.29, 1.82) is 0 Å². The van der Waals surface area contributed by atoms with Gasteiger partial charge in [0.1, 0.15) is 5.03 Å². The SMILES string of the molecule is CC(=O)Nc1ccc(NC(=O)CSc2ncccc2C(=O)O)cc1. The molecular formula is C16H15N3O4S. The van der Waals surface area contributed by atoms with E-state index in [4.69, 9.17) is 5.11 Å². The van der Waals surface area contributed by atoms with Gasteiger partial charge in [-0.05, 0) is 36.4 Å². The minimum Gasteiger partial charge on any atom is -0.478 e. The van der Waals surface area contributed by atoms with Gasteiger partial charge in [-0.15, -0.1) is 0 Å². The summed E-state index contributed by atoms with van der Waals surface area (Å²) in [7, 11) is 0.